The van der Waals surface area contributed by atoms with Crippen molar-refractivity contribution >= 4 is 45.3 Å². The van der Waals surface area contributed by atoms with Crippen molar-refractivity contribution in [2.75, 3.05) is 11.1 Å². The van der Waals surface area contributed by atoms with Gasteiger partial charge in [0.15, 0.2) is 0 Å². The molecule has 4 rings (SSSR count). The molecule has 3 heterocycles. The zero-order valence-electron chi connectivity index (χ0n) is 13.6. The van der Waals surface area contributed by atoms with Crippen LogP contribution in [0.15, 0.2) is 22.7 Å². The van der Waals surface area contributed by atoms with E-state index in [1.165, 1.54) is 28.0 Å². The van der Waals surface area contributed by atoms with Gasteiger partial charge < -0.3 is 5.32 Å². The standard InChI is InChI=1S/C16H14N6OS3/c17-7-12-11-4-1-5-13(11)26-15(12)18-14(23)9-25-16-19-20-21-22(16)8-10-3-2-6-24-10/h2-3,6H,1,4-5,8-9H2,(H,18,23). The lowest BCUT2D eigenvalue weighted by Crippen LogP contribution is -2.15. The largest absolute Gasteiger partial charge is 0.316 e. The summed E-state index contributed by atoms with van der Waals surface area (Å²) in [7, 11) is 0. The number of anilines is 1. The summed E-state index contributed by atoms with van der Waals surface area (Å²) in [6, 6.07) is 6.24. The molecular weight excluding hydrogens is 388 g/mol. The van der Waals surface area contributed by atoms with Gasteiger partial charge in [-0.3, -0.25) is 4.79 Å². The number of aromatic nitrogens is 4. The van der Waals surface area contributed by atoms with E-state index in [4.69, 9.17) is 0 Å². The lowest BCUT2D eigenvalue weighted by atomic mass is 10.1. The van der Waals surface area contributed by atoms with E-state index in [1.807, 2.05) is 17.5 Å². The van der Waals surface area contributed by atoms with Crippen molar-refractivity contribution in [1.29, 1.82) is 5.26 Å². The lowest BCUT2D eigenvalue weighted by molar-refractivity contribution is -0.113. The number of thioether (sulfide) groups is 1. The third-order valence-corrected chi connectivity index (χ3v) is 7.03. The summed E-state index contributed by atoms with van der Waals surface area (Å²) < 4.78 is 1.68. The van der Waals surface area contributed by atoms with Crippen molar-refractivity contribution in [3.05, 3.63) is 38.4 Å². The summed E-state index contributed by atoms with van der Waals surface area (Å²) in [6.45, 7) is 0.588. The van der Waals surface area contributed by atoms with Crippen LogP contribution in [0.2, 0.25) is 0 Å². The van der Waals surface area contributed by atoms with Gasteiger partial charge in [-0.1, -0.05) is 17.8 Å². The molecule has 10 heteroatoms. The van der Waals surface area contributed by atoms with Crippen molar-refractivity contribution in [2.45, 2.75) is 31.0 Å². The maximum absolute atomic E-state index is 12.3. The molecule has 0 atom stereocenters. The average Bonchev–Trinajstić information content (AvgIpc) is 3.38. The highest BCUT2D eigenvalue weighted by molar-refractivity contribution is 7.99. The van der Waals surface area contributed by atoms with Crippen LogP contribution in [0.1, 0.15) is 27.3 Å². The first-order valence-corrected chi connectivity index (χ1v) is 10.7. The van der Waals surface area contributed by atoms with Crippen LogP contribution >= 0.6 is 34.4 Å². The Balaban J connectivity index is 1.38. The molecule has 0 saturated heterocycles. The maximum atomic E-state index is 12.3. The van der Waals surface area contributed by atoms with E-state index in [0.29, 0.717) is 22.3 Å². The van der Waals surface area contributed by atoms with Gasteiger partial charge in [0.25, 0.3) is 0 Å². The number of nitriles is 1. The molecule has 3 aromatic rings. The predicted molar refractivity (Wildman–Crippen MR) is 102 cm³/mol. The zero-order valence-corrected chi connectivity index (χ0v) is 16.1. The highest BCUT2D eigenvalue weighted by atomic mass is 32.2. The number of aryl methyl sites for hydroxylation is 1. The quantitative estimate of drug-likeness (QED) is 0.637. The normalized spacial score (nSPS) is 12.7. The Kier molecular flexibility index (Phi) is 5.01. The number of rotatable bonds is 6. The summed E-state index contributed by atoms with van der Waals surface area (Å²) in [5.74, 6) is 0.0372. The molecule has 7 nitrogen and oxygen atoms in total. The average molecular weight is 403 g/mol. The second-order valence-electron chi connectivity index (χ2n) is 5.71. The van der Waals surface area contributed by atoms with Crippen molar-refractivity contribution in [3.8, 4) is 6.07 Å². The molecule has 26 heavy (non-hydrogen) atoms. The van der Waals surface area contributed by atoms with E-state index in [0.717, 1.165) is 29.7 Å². The summed E-state index contributed by atoms with van der Waals surface area (Å²) in [5.41, 5.74) is 1.74. The van der Waals surface area contributed by atoms with Crippen LogP contribution in [-0.4, -0.2) is 31.9 Å². The molecule has 0 saturated carbocycles. The van der Waals surface area contributed by atoms with Crippen molar-refractivity contribution in [1.82, 2.24) is 20.2 Å². The van der Waals surface area contributed by atoms with E-state index < -0.39 is 0 Å². The molecule has 0 radical (unpaired) electrons. The molecule has 1 N–H and O–H groups in total. The second kappa shape index (κ2) is 7.57. The summed E-state index contributed by atoms with van der Waals surface area (Å²) in [5, 5.41) is 27.2. The van der Waals surface area contributed by atoms with Crippen LogP contribution in [0.25, 0.3) is 0 Å². The van der Waals surface area contributed by atoms with Crippen molar-refractivity contribution < 1.29 is 4.79 Å². The number of tetrazole rings is 1. The number of carbonyl (C=O) groups excluding carboxylic acids is 1. The Bertz CT molecular complexity index is 969. The molecule has 0 unspecified atom stereocenters. The minimum atomic E-state index is -0.155. The lowest BCUT2D eigenvalue weighted by Gasteiger charge is -2.04. The molecule has 3 aromatic heterocycles. The van der Waals surface area contributed by atoms with Crippen LogP contribution in [0, 0.1) is 11.3 Å². The Morgan fingerprint density at radius 2 is 2.38 bits per heavy atom. The van der Waals surface area contributed by atoms with Crippen LogP contribution in [0.4, 0.5) is 5.00 Å². The summed E-state index contributed by atoms with van der Waals surface area (Å²) in [4.78, 5) is 14.7. The number of carbonyl (C=O) groups is 1. The Morgan fingerprint density at radius 1 is 1.46 bits per heavy atom. The van der Waals surface area contributed by atoms with Crippen molar-refractivity contribution in [3.63, 3.8) is 0 Å². The van der Waals surface area contributed by atoms with Gasteiger partial charge >= 0.3 is 0 Å². The van der Waals surface area contributed by atoms with Crippen LogP contribution in [-0.2, 0) is 24.2 Å². The molecule has 0 aliphatic heterocycles. The molecular formula is C16H14N6OS3. The number of nitrogens with zero attached hydrogens (tertiary/aromatic N) is 5. The van der Waals surface area contributed by atoms with Gasteiger partial charge in [-0.25, -0.2) is 4.68 Å². The zero-order chi connectivity index (χ0) is 17.9. The molecule has 1 amide bonds. The molecule has 0 bridgehead atoms. The number of fused-ring (bicyclic) bond motifs is 1. The highest BCUT2D eigenvalue weighted by Gasteiger charge is 2.23. The number of hydrogen-bond acceptors (Lipinski definition) is 8. The first-order chi connectivity index (χ1) is 12.7. The summed E-state index contributed by atoms with van der Waals surface area (Å²) in [6.07, 6.45) is 3.01. The minimum absolute atomic E-state index is 0.155. The van der Waals surface area contributed by atoms with Gasteiger partial charge in [-0.2, -0.15) is 5.26 Å². The number of hydrogen-bond donors (Lipinski definition) is 1. The molecule has 1 aliphatic rings. The van der Waals surface area contributed by atoms with E-state index in [2.05, 4.69) is 26.9 Å². The Morgan fingerprint density at radius 3 is 3.19 bits per heavy atom. The topological polar surface area (TPSA) is 96.5 Å². The van der Waals surface area contributed by atoms with Crippen LogP contribution in [0.3, 0.4) is 0 Å². The molecule has 0 spiro atoms. The fourth-order valence-electron chi connectivity index (χ4n) is 2.85. The van der Waals surface area contributed by atoms with Gasteiger partial charge in [-0.15, -0.1) is 27.8 Å². The third-order valence-electron chi connectivity index (χ3n) is 4.00. The molecule has 132 valence electrons. The first kappa shape index (κ1) is 17.2. The monoisotopic (exact) mass is 402 g/mol. The van der Waals surface area contributed by atoms with Crippen LogP contribution < -0.4 is 5.32 Å². The van der Waals surface area contributed by atoms with Gasteiger partial charge in [-0.05, 0) is 46.7 Å². The van der Waals surface area contributed by atoms with Gasteiger partial charge in [0, 0.05) is 9.75 Å². The number of amides is 1. The smallest absolute Gasteiger partial charge is 0.235 e. The van der Waals surface area contributed by atoms with E-state index in [1.54, 1.807) is 16.0 Å². The maximum Gasteiger partial charge on any atom is 0.235 e. The van der Waals surface area contributed by atoms with E-state index in [9.17, 15) is 10.1 Å². The molecule has 0 fully saturated rings. The fourth-order valence-corrected chi connectivity index (χ4v) is 5.47. The van der Waals surface area contributed by atoms with E-state index in [-0.39, 0.29) is 11.7 Å². The van der Waals surface area contributed by atoms with Gasteiger partial charge in [0.05, 0.1) is 17.9 Å². The van der Waals surface area contributed by atoms with Gasteiger partial charge in [0.2, 0.25) is 11.1 Å². The summed E-state index contributed by atoms with van der Waals surface area (Å²) >= 11 is 4.45. The highest BCUT2D eigenvalue weighted by Crippen LogP contribution is 2.38. The molecule has 0 aromatic carbocycles. The minimum Gasteiger partial charge on any atom is -0.316 e. The fraction of sp³-hybridized carbons (Fsp3) is 0.312. The Hall–Kier alpha value is -2.22. The number of thiophene rings is 2. The van der Waals surface area contributed by atoms with E-state index >= 15 is 0 Å². The third kappa shape index (κ3) is 3.51. The predicted octanol–water partition coefficient (Wildman–Crippen LogP) is 2.94. The SMILES string of the molecule is N#Cc1c(NC(=O)CSc2nnnn2Cc2cccs2)sc2c1CCC2. The molecule has 1 aliphatic carbocycles. The first-order valence-electron chi connectivity index (χ1n) is 8.00. The number of nitrogens with one attached hydrogen (secondary N) is 1. The Labute approximate surface area is 162 Å². The second-order valence-corrected chi connectivity index (χ2v) is 8.79. The van der Waals surface area contributed by atoms with Crippen molar-refractivity contribution in [2.24, 2.45) is 0 Å². The van der Waals surface area contributed by atoms with Gasteiger partial charge in [0.1, 0.15) is 11.1 Å². The van der Waals surface area contributed by atoms with Crippen LogP contribution in [0.5, 0.6) is 0 Å².